The number of aliphatic carboxylic acids is 1. The van der Waals surface area contributed by atoms with E-state index in [2.05, 4.69) is 5.10 Å². The Morgan fingerprint density at radius 1 is 1.41 bits per heavy atom. The van der Waals surface area contributed by atoms with Gasteiger partial charge in [0.2, 0.25) is 0 Å². The number of carbonyl (C=O) groups is 2. The molecule has 1 aromatic rings. The molecule has 0 bridgehead atoms. The zero-order valence-corrected chi connectivity index (χ0v) is 13.6. The Bertz CT molecular complexity index is 551. The number of amides is 1. The van der Waals surface area contributed by atoms with E-state index in [4.69, 9.17) is 5.11 Å². The second-order valence-electron chi connectivity index (χ2n) is 6.26. The number of carbonyl (C=O) groups excluding carboxylic acids is 1. The van der Waals surface area contributed by atoms with Gasteiger partial charge in [-0.1, -0.05) is 0 Å². The summed E-state index contributed by atoms with van der Waals surface area (Å²) in [6, 6.07) is 0.241. The lowest BCUT2D eigenvalue weighted by molar-refractivity contribution is -0.137. The van der Waals surface area contributed by atoms with Crippen molar-refractivity contribution in [2.75, 3.05) is 6.54 Å². The third kappa shape index (κ3) is 3.48. The minimum atomic E-state index is -0.804. The molecule has 1 amide bonds. The standard InChI is InChI=1S/C16H25N3O3/c1-11(2)19-12(3)14(10-17-19)16(22)18-9-5-4-6-13(18)7-8-15(20)21/h10-11,13H,4-9H2,1-3H3,(H,20,21). The first-order chi connectivity index (χ1) is 10.4. The van der Waals surface area contributed by atoms with Crippen LogP contribution in [0.4, 0.5) is 0 Å². The van der Waals surface area contributed by atoms with E-state index in [0.29, 0.717) is 18.5 Å². The molecule has 1 aliphatic heterocycles. The summed E-state index contributed by atoms with van der Waals surface area (Å²) >= 11 is 0. The van der Waals surface area contributed by atoms with E-state index in [0.717, 1.165) is 25.0 Å². The Labute approximate surface area is 131 Å². The molecule has 0 saturated carbocycles. The molecule has 22 heavy (non-hydrogen) atoms. The molecule has 0 aromatic carbocycles. The van der Waals surface area contributed by atoms with Crippen LogP contribution in [0.15, 0.2) is 6.20 Å². The van der Waals surface area contributed by atoms with E-state index in [1.165, 1.54) is 0 Å². The first-order valence-corrected chi connectivity index (χ1v) is 7.98. The molecule has 0 radical (unpaired) electrons. The van der Waals surface area contributed by atoms with Crippen molar-refractivity contribution in [2.45, 2.75) is 65.0 Å². The average molecular weight is 307 g/mol. The van der Waals surface area contributed by atoms with Gasteiger partial charge in [-0.15, -0.1) is 0 Å². The van der Waals surface area contributed by atoms with Crippen molar-refractivity contribution >= 4 is 11.9 Å². The van der Waals surface area contributed by atoms with Crippen molar-refractivity contribution in [3.8, 4) is 0 Å². The smallest absolute Gasteiger partial charge is 0.303 e. The normalized spacial score (nSPS) is 18.7. The molecule has 0 spiro atoms. The summed E-state index contributed by atoms with van der Waals surface area (Å²) in [5.74, 6) is -0.818. The number of hydrogen-bond acceptors (Lipinski definition) is 3. The molecule has 1 fully saturated rings. The maximum atomic E-state index is 12.8. The van der Waals surface area contributed by atoms with Crippen LogP contribution in [-0.2, 0) is 4.79 Å². The van der Waals surface area contributed by atoms with Gasteiger partial charge >= 0.3 is 5.97 Å². The van der Waals surface area contributed by atoms with Crippen molar-refractivity contribution in [1.82, 2.24) is 14.7 Å². The highest BCUT2D eigenvalue weighted by molar-refractivity contribution is 5.95. The maximum Gasteiger partial charge on any atom is 0.303 e. The summed E-state index contributed by atoms with van der Waals surface area (Å²) < 4.78 is 1.85. The summed E-state index contributed by atoms with van der Waals surface area (Å²) in [6.45, 7) is 6.68. The third-order valence-electron chi connectivity index (χ3n) is 4.34. The van der Waals surface area contributed by atoms with Crippen LogP contribution in [0.25, 0.3) is 0 Å². The van der Waals surface area contributed by atoms with Crippen LogP contribution in [0.3, 0.4) is 0 Å². The van der Waals surface area contributed by atoms with Gasteiger partial charge in [-0.3, -0.25) is 14.3 Å². The molecule has 122 valence electrons. The number of hydrogen-bond donors (Lipinski definition) is 1. The predicted octanol–water partition coefficient (Wildman–Crippen LogP) is 2.63. The first kappa shape index (κ1) is 16.5. The van der Waals surface area contributed by atoms with Crippen molar-refractivity contribution < 1.29 is 14.7 Å². The number of likely N-dealkylation sites (tertiary alicyclic amines) is 1. The molecule has 0 aliphatic carbocycles. The lowest BCUT2D eigenvalue weighted by Gasteiger charge is -2.35. The molecule has 1 saturated heterocycles. The lowest BCUT2D eigenvalue weighted by atomic mass is 9.97. The van der Waals surface area contributed by atoms with Crippen LogP contribution in [0.5, 0.6) is 0 Å². The van der Waals surface area contributed by atoms with E-state index in [1.807, 2.05) is 30.4 Å². The highest BCUT2D eigenvalue weighted by atomic mass is 16.4. The van der Waals surface area contributed by atoms with Gasteiger partial charge in [0.25, 0.3) is 5.91 Å². The van der Waals surface area contributed by atoms with Crippen LogP contribution >= 0.6 is 0 Å². The van der Waals surface area contributed by atoms with Gasteiger partial charge in [-0.05, 0) is 46.5 Å². The minimum absolute atomic E-state index is 0.0144. The molecular weight excluding hydrogens is 282 g/mol. The number of piperidine rings is 1. The van der Waals surface area contributed by atoms with E-state index in [9.17, 15) is 9.59 Å². The molecule has 1 N–H and O–H groups in total. The van der Waals surface area contributed by atoms with Crippen molar-refractivity contribution in [3.63, 3.8) is 0 Å². The molecule has 6 heteroatoms. The molecule has 2 heterocycles. The zero-order valence-electron chi connectivity index (χ0n) is 13.6. The highest BCUT2D eigenvalue weighted by Crippen LogP contribution is 2.24. The largest absolute Gasteiger partial charge is 0.481 e. The summed E-state index contributed by atoms with van der Waals surface area (Å²) in [7, 11) is 0. The Morgan fingerprint density at radius 2 is 2.14 bits per heavy atom. The second kappa shape index (κ2) is 6.94. The summed E-state index contributed by atoms with van der Waals surface area (Å²) in [4.78, 5) is 25.5. The molecule has 1 atom stereocenters. The SMILES string of the molecule is Cc1c(C(=O)N2CCCCC2CCC(=O)O)cnn1C(C)C. The van der Waals surface area contributed by atoms with E-state index >= 15 is 0 Å². The van der Waals surface area contributed by atoms with Gasteiger partial charge < -0.3 is 10.0 Å². The van der Waals surface area contributed by atoms with Crippen molar-refractivity contribution in [1.29, 1.82) is 0 Å². The maximum absolute atomic E-state index is 12.8. The molecular formula is C16H25N3O3. The number of rotatable bonds is 5. The van der Waals surface area contributed by atoms with Crippen LogP contribution in [0.2, 0.25) is 0 Å². The Hall–Kier alpha value is -1.85. The number of nitrogens with zero attached hydrogens (tertiary/aromatic N) is 3. The van der Waals surface area contributed by atoms with Gasteiger partial charge in [0.1, 0.15) is 0 Å². The van der Waals surface area contributed by atoms with Gasteiger partial charge in [-0.25, -0.2) is 0 Å². The Kier molecular flexibility index (Phi) is 5.21. The van der Waals surface area contributed by atoms with E-state index < -0.39 is 5.97 Å². The average Bonchev–Trinajstić information content (AvgIpc) is 2.86. The van der Waals surface area contributed by atoms with Crippen LogP contribution in [-0.4, -0.2) is 44.3 Å². The van der Waals surface area contributed by atoms with Gasteiger partial charge in [-0.2, -0.15) is 5.10 Å². The first-order valence-electron chi connectivity index (χ1n) is 7.98. The van der Waals surface area contributed by atoms with E-state index in [-0.39, 0.29) is 24.4 Å². The zero-order chi connectivity index (χ0) is 16.3. The minimum Gasteiger partial charge on any atom is -0.481 e. The highest BCUT2D eigenvalue weighted by Gasteiger charge is 2.29. The quantitative estimate of drug-likeness (QED) is 0.907. The third-order valence-corrected chi connectivity index (χ3v) is 4.34. The predicted molar refractivity (Wildman–Crippen MR) is 82.9 cm³/mol. The fourth-order valence-corrected chi connectivity index (χ4v) is 3.17. The summed E-state index contributed by atoms with van der Waals surface area (Å²) in [5.41, 5.74) is 1.51. The summed E-state index contributed by atoms with van der Waals surface area (Å²) in [5, 5.41) is 13.2. The van der Waals surface area contributed by atoms with Crippen LogP contribution in [0, 0.1) is 6.92 Å². The monoisotopic (exact) mass is 307 g/mol. The molecule has 1 aromatic heterocycles. The molecule has 1 aliphatic rings. The topological polar surface area (TPSA) is 75.4 Å². The van der Waals surface area contributed by atoms with Gasteiger partial charge in [0, 0.05) is 30.7 Å². The molecule has 1 unspecified atom stereocenters. The fraction of sp³-hybridized carbons (Fsp3) is 0.688. The number of aromatic nitrogens is 2. The fourth-order valence-electron chi connectivity index (χ4n) is 3.17. The van der Waals surface area contributed by atoms with E-state index in [1.54, 1.807) is 6.20 Å². The molecule has 6 nitrogen and oxygen atoms in total. The van der Waals surface area contributed by atoms with Gasteiger partial charge in [0.05, 0.1) is 11.8 Å². The van der Waals surface area contributed by atoms with Gasteiger partial charge in [0.15, 0.2) is 0 Å². The van der Waals surface area contributed by atoms with Crippen LogP contribution < -0.4 is 0 Å². The Balaban J connectivity index is 2.16. The number of carboxylic acid groups (broad SMARTS) is 1. The Morgan fingerprint density at radius 3 is 2.73 bits per heavy atom. The van der Waals surface area contributed by atoms with Crippen LogP contribution in [0.1, 0.15) is 68.0 Å². The lowest BCUT2D eigenvalue weighted by Crippen LogP contribution is -2.44. The number of carboxylic acids is 1. The second-order valence-corrected chi connectivity index (χ2v) is 6.26. The van der Waals surface area contributed by atoms with Crippen molar-refractivity contribution in [3.05, 3.63) is 17.5 Å². The summed E-state index contributed by atoms with van der Waals surface area (Å²) in [6.07, 6.45) is 5.19. The molecule has 2 rings (SSSR count). The van der Waals surface area contributed by atoms with Crippen molar-refractivity contribution in [2.24, 2.45) is 0 Å².